The predicted octanol–water partition coefficient (Wildman–Crippen LogP) is 4.20. The normalized spacial score (nSPS) is 11.9. The zero-order valence-electron chi connectivity index (χ0n) is 14.2. The molecule has 1 aromatic carbocycles. The van der Waals surface area contributed by atoms with Crippen molar-refractivity contribution in [2.24, 2.45) is 7.05 Å². The molecule has 0 saturated heterocycles. The Kier molecular flexibility index (Phi) is 3.57. The molecular formula is C19H20N4. The van der Waals surface area contributed by atoms with E-state index in [9.17, 15) is 5.26 Å². The third-order valence-corrected chi connectivity index (χ3v) is 4.59. The molecule has 0 unspecified atom stereocenters. The lowest BCUT2D eigenvalue weighted by molar-refractivity contribution is 0.843. The van der Waals surface area contributed by atoms with Crippen molar-refractivity contribution in [3.05, 3.63) is 52.1 Å². The SMILES string of the molecule is Cc1cc2nc(/C(C#N)=C\c3cc(C)n(C)c3C)[nH]c2cc1C. The molecule has 0 amide bonds. The number of aromatic nitrogens is 3. The van der Waals surface area contributed by atoms with Crippen LogP contribution in [0, 0.1) is 39.0 Å². The lowest BCUT2D eigenvalue weighted by atomic mass is 10.1. The van der Waals surface area contributed by atoms with E-state index in [0.29, 0.717) is 11.4 Å². The number of imidazole rings is 1. The molecular weight excluding hydrogens is 284 g/mol. The molecule has 0 radical (unpaired) electrons. The summed E-state index contributed by atoms with van der Waals surface area (Å²) in [5, 5.41) is 9.56. The van der Waals surface area contributed by atoms with Crippen molar-refractivity contribution in [1.29, 1.82) is 5.26 Å². The van der Waals surface area contributed by atoms with Crippen LogP contribution >= 0.6 is 0 Å². The highest BCUT2D eigenvalue weighted by Crippen LogP contribution is 2.23. The molecule has 0 fully saturated rings. The van der Waals surface area contributed by atoms with Gasteiger partial charge in [-0.3, -0.25) is 0 Å². The fourth-order valence-corrected chi connectivity index (χ4v) is 2.74. The fraction of sp³-hybridized carbons (Fsp3) is 0.263. The van der Waals surface area contributed by atoms with Gasteiger partial charge >= 0.3 is 0 Å². The van der Waals surface area contributed by atoms with Gasteiger partial charge in [0.25, 0.3) is 0 Å². The maximum atomic E-state index is 9.56. The van der Waals surface area contributed by atoms with E-state index in [0.717, 1.165) is 22.3 Å². The Bertz CT molecular complexity index is 938. The van der Waals surface area contributed by atoms with Crippen LogP contribution in [0.2, 0.25) is 0 Å². The van der Waals surface area contributed by atoms with Gasteiger partial charge in [0.05, 0.1) is 16.6 Å². The van der Waals surface area contributed by atoms with Crippen LogP contribution in [0.15, 0.2) is 18.2 Å². The summed E-state index contributed by atoms with van der Waals surface area (Å²) in [4.78, 5) is 7.85. The summed E-state index contributed by atoms with van der Waals surface area (Å²) in [5.74, 6) is 0.619. The average Bonchev–Trinajstić information content (AvgIpc) is 3.01. The standard InChI is InChI=1S/C19H20N4/c1-11-6-17-18(7-12(11)2)22-19(21-17)16(10-20)9-15-8-13(3)23(5)14(15)4/h6-9H,1-5H3,(H,21,22)/b16-9-. The molecule has 0 aliphatic rings. The second kappa shape index (κ2) is 5.44. The summed E-state index contributed by atoms with van der Waals surface area (Å²) in [6, 6.07) is 8.49. The summed E-state index contributed by atoms with van der Waals surface area (Å²) in [6.45, 7) is 8.26. The Hall–Kier alpha value is -2.80. The van der Waals surface area contributed by atoms with Crippen molar-refractivity contribution in [1.82, 2.24) is 14.5 Å². The number of nitrogens with one attached hydrogen (secondary N) is 1. The van der Waals surface area contributed by atoms with E-state index in [1.165, 1.54) is 16.8 Å². The van der Waals surface area contributed by atoms with Crippen LogP contribution in [0.3, 0.4) is 0 Å². The van der Waals surface area contributed by atoms with Crippen LogP contribution in [0.1, 0.15) is 33.9 Å². The van der Waals surface area contributed by atoms with Gasteiger partial charge in [0.1, 0.15) is 11.9 Å². The molecule has 116 valence electrons. The topological polar surface area (TPSA) is 57.4 Å². The fourth-order valence-electron chi connectivity index (χ4n) is 2.74. The molecule has 0 saturated carbocycles. The minimum Gasteiger partial charge on any atom is -0.352 e. The zero-order chi connectivity index (χ0) is 16.7. The lowest BCUT2D eigenvalue weighted by Gasteiger charge is -1.99. The Balaban J connectivity index is 2.12. The van der Waals surface area contributed by atoms with Gasteiger partial charge in [-0.05, 0) is 68.7 Å². The Labute approximate surface area is 136 Å². The molecule has 3 rings (SSSR count). The largest absolute Gasteiger partial charge is 0.352 e. The van der Waals surface area contributed by atoms with Gasteiger partial charge in [-0.25, -0.2) is 4.98 Å². The average molecular weight is 304 g/mol. The first-order valence-electron chi connectivity index (χ1n) is 7.62. The number of benzene rings is 1. The molecule has 0 bridgehead atoms. The highest BCUT2D eigenvalue weighted by molar-refractivity contribution is 5.91. The van der Waals surface area contributed by atoms with Crippen LogP contribution in [-0.2, 0) is 7.05 Å². The monoisotopic (exact) mass is 304 g/mol. The minimum absolute atomic E-state index is 0.546. The summed E-state index contributed by atoms with van der Waals surface area (Å²) in [5.41, 5.74) is 8.17. The number of hydrogen-bond acceptors (Lipinski definition) is 2. The highest BCUT2D eigenvalue weighted by Gasteiger charge is 2.11. The minimum atomic E-state index is 0.546. The number of aromatic amines is 1. The van der Waals surface area contributed by atoms with Crippen LogP contribution < -0.4 is 0 Å². The highest BCUT2D eigenvalue weighted by atomic mass is 14.9. The van der Waals surface area contributed by atoms with Gasteiger partial charge in [-0.2, -0.15) is 5.26 Å². The Morgan fingerprint density at radius 2 is 1.87 bits per heavy atom. The van der Waals surface area contributed by atoms with E-state index in [1.54, 1.807) is 0 Å². The molecule has 4 nitrogen and oxygen atoms in total. The summed E-state index contributed by atoms with van der Waals surface area (Å²) in [7, 11) is 2.03. The van der Waals surface area contributed by atoms with E-state index < -0.39 is 0 Å². The number of H-pyrrole nitrogens is 1. The zero-order valence-corrected chi connectivity index (χ0v) is 14.2. The molecule has 0 aliphatic carbocycles. The van der Waals surface area contributed by atoms with E-state index in [1.807, 2.05) is 13.1 Å². The van der Waals surface area contributed by atoms with Gasteiger partial charge in [-0.1, -0.05) is 0 Å². The van der Waals surface area contributed by atoms with Crippen molar-refractivity contribution in [2.75, 3.05) is 0 Å². The Morgan fingerprint density at radius 3 is 2.48 bits per heavy atom. The smallest absolute Gasteiger partial charge is 0.149 e. The number of nitriles is 1. The Morgan fingerprint density at radius 1 is 1.17 bits per heavy atom. The maximum absolute atomic E-state index is 9.56. The first kappa shape index (κ1) is 15.1. The molecule has 2 heterocycles. The lowest BCUT2D eigenvalue weighted by Crippen LogP contribution is -1.93. The van der Waals surface area contributed by atoms with Crippen molar-refractivity contribution in [3.63, 3.8) is 0 Å². The number of rotatable bonds is 2. The number of hydrogen-bond donors (Lipinski definition) is 1. The van der Waals surface area contributed by atoms with Crippen LogP contribution in [-0.4, -0.2) is 14.5 Å². The first-order chi connectivity index (χ1) is 10.9. The summed E-state index contributed by atoms with van der Waals surface area (Å²) < 4.78 is 2.12. The second-order valence-electron chi connectivity index (χ2n) is 6.09. The van der Waals surface area contributed by atoms with Crippen molar-refractivity contribution >= 4 is 22.7 Å². The van der Waals surface area contributed by atoms with Gasteiger partial charge in [0.2, 0.25) is 0 Å². The summed E-state index contributed by atoms with van der Waals surface area (Å²) in [6.07, 6.45) is 1.90. The van der Waals surface area contributed by atoms with E-state index in [4.69, 9.17) is 0 Å². The van der Waals surface area contributed by atoms with Crippen LogP contribution in [0.5, 0.6) is 0 Å². The van der Waals surface area contributed by atoms with Crippen molar-refractivity contribution in [3.8, 4) is 6.07 Å². The number of aryl methyl sites for hydroxylation is 3. The van der Waals surface area contributed by atoms with Gasteiger partial charge in [-0.15, -0.1) is 0 Å². The van der Waals surface area contributed by atoms with E-state index in [-0.39, 0.29) is 0 Å². The number of fused-ring (bicyclic) bond motifs is 1. The van der Waals surface area contributed by atoms with Gasteiger partial charge < -0.3 is 9.55 Å². The third kappa shape index (κ3) is 2.55. The molecule has 23 heavy (non-hydrogen) atoms. The molecule has 0 aliphatic heterocycles. The number of allylic oxidation sites excluding steroid dienone is 1. The molecule has 4 heteroatoms. The van der Waals surface area contributed by atoms with Crippen LogP contribution in [0.4, 0.5) is 0 Å². The van der Waals surface area contributed by atoms with Crippen LogP contribution in [0.25, 0.3) is 22.7 Å². The van der Waals surface area contributed by atoms with Gasteiger partial charge in [0, 0.05) is 18.4 Å². The predicted molar refractivity (Wildman–Crippen MR) is 93.9 cm³/mol. The first-order valence-corrected chi connectivity index (χ1v) is 7.62. The molecule has 0 atom stereocenters. The molecule has 2 aromatic heterocycles. The quantitative estimate of drug-likeness (QED) is 0.721. The third-order valence-electron chi connectivity index (χ3n) is 4.59. The van der Waals surface area contributed by atoms with Crippen molar-refractivity contribution < 1.29 is 0 Å². The van der Waals surface area contributed by atoms with E-state index in [2.05, 4.69) is 66.5 Å². The summed E-state index contributed by atoms with van der Waals surface area (Å²) >= 11 is 0. The molecule has 3 aromatic rings. The van der Waals surface area contributed by atoms with Gasteiger partial charge in [0.15, 0.2) is 0 Å². The molecule has 1 N–H and O–H groups in total. The van der Waals surface area contributed by atoms with E-state index >= 15 is 0 Å². The number of nitrogens with zero attached hydrogens (tertiary/aromatic N) is 3. The maximum Gasteiger partial charge on any atom is 0.149 e. The second-order valence-corrected chi connectivity index (χ2v) is 6.09. The van der Waals surface area contributed by atoms with Crippen molar-refractivity contribution in [2.45, 2.75) is 27.7 Å². The molecule has 0 spiro atoms.